The maximum absolute atomic E-state index is 11.2. The predicted molar refractivity (Wildman–Crippen MR) is 126 cm³/mol. The average molecular weight is 431 g/mol. The number of hydrogen-bond donors (Lipinski definition) is 3. The Morgan fingerprint density at radius 3 is 1.70 bits per heavy atom. The van der Waals surface area contributed by atoms with Gasteiger partial charge < -0.3 is 14.9 Å². The zero-order valence-electron chi connectivity index (χ0n) is 19.7. The van der Waals surface area contributed by atoms with Crippen LogP contribution in [0.25, 0.3) is 0 Å². The van der Waals surface area contributed by atoms with Crippen molar-refractivity contribution in [2.45, 2.75) is 58.4 Å². The summed E-state index contributed by atoms with van der Waals surface area (Å²) in [6, 6.07) is 13.1. The van der Waals surface area contributed by atoms with Gasteiger partial charge in [-0.15, -0.1) is 0 Å². The fourth-order valence-electron chi connectivity index (χ4n) is 4.57. The lowest BCUT2D eigenvalue weighted by Crippen LogP contribution is -3.27. The van der Waals surface area contributed by atoms with Crippen LogP contribution in [0.15, 0.2) is 36.4 Å². The molecular weight excluding hydrogens is 392 g/mol. The first-order valence-corrected chi connectivity index (χ1v) is 11.5. The Balaban J connectivity index is 2.20. The van der Waals surface area contributed by atoms with Gasteiger partial charge in [0.1, 0.15) is 38.0 Å². The van der Waals surface area contributed by atoms with Gasteiger partial charge in [0.05, 0.1) is 7.05 Å². The van der Waals surface area contributed by atoms with E-state index in [1.54, 1.807) is 9.80 Å². The molecule has 3 N–H and O–H groups in total. The van der Waals surface area contributed by atoms with E-state index in [0.29, 0.717) is 5.75 Å². The first-order valence-electron chi connectivity index (χ1n) is 11.2. The van der Waals surface area contributed by atoms with Crippen molar-refractivity contribution in [3.63, 3.8) is 0 Å². The molecule has 1 atom stereocenters. The second-order valence-corrected chi connectivity index (χ2v) is 11.5. The van der Waals surface area contributed by atoms with Crippen LogP contribution in [0.5, 0.6) is 5.75 Å². The van der Waals surface area contributed by atoms with E-state index in [1.807, 2.05) is 12.1 Å². The second kappa shape index (κ2) is 8.53. The van der Waals surface area contributed by atoms with Crippen molar-refractivity contribution >= 4 is 11.6 Å². The minimum absolute atomic E-state index is 0.133. The number of phenolic OH excluding ortho intramolecular Hbond substituents is 1. The Hall–Kier alpha value is -1.55. The zero-order chi connectivity index (χ0) is 22.3. The molecular formula is C26H39ClN2O+2. The molecule has 4 heteroatoms. The quantitative estimate of drug-likeness (QED) is 0.686. The molecule has 0 unspecified atom stereocenters. The molecule has 2 aromatic carbocycles. The van der Waals surface area contributed by atoms with Crippen molar-refractivity contribution in [3.8, 4) is 5.75 Å². The molecule has 30 heavy (non-hydrogen) atoms. The van der Waals surface area contributed by atoms with Crippen molar-refractivity contribution in [1.82, 2.24) is 0 Å². The number of aromatic hydroxyl groups is 1. The lowest BCUT2D eigenvalue weighted by molar-refractivity contribution is -1.02. The normalized spacial score (nSPS) is 21.5. The molecule has 164 valence electrons. The van der Waals surface area contributed by atoms with Gasteiger partial charge in [0, 0.05) is 27.3 Å². The number of rotatable bonds is 3. The summed E-state index contributed by atoms with van der Waals surface area (Å²) in [5.74, 6) is 0.450. The summed E-state index contributed by atoms with van der Waals surface area (Å²) >= 11 is 6.21. The number of phenols is 1. The van der Waals surface area contributed by atoms with Gasteiger partial charge in [-0.25, -0.2) is 0 Å². The fourth-order valence-corrected chi connectivity index (χ4v) is 4.70. The molecule has 0 saturated carbocycles. The topological polar surface area (TPSA) is 29.1 Å². The van der Waals surface area contributed by atoms with Gasteiger partial charge in [-0.05, 0) is 35.1 Å². The van der Waals surface area contributed by atoms with Crippen LogP contribution < -0.4 is 9.80 Å². The third kappa shape index (κ3) is 5.01. The van der Waals surface area contributed by atoms with Crippen LogP contribution in [-0.2, 0) is 10.8 Å². The smallest absolute Gasteiger partial charge is 0.139 e. The van der Waals surface area contributed by atoms with Crippen LogP contribution in [0.4, 0.5) is 0 Å². The summed E-state index contributed by atoms with van der Waals surface area (Å²) in [4.78, 5) is 3.19. The number of halogens is 1. The molecule has 3 nitrogen and oxygen atoms in total. The van der Waals surface area contributed by atoms with Crippen LogP contribution in [0.2, 0.25) is 5.02 Å². The molecule has 1 aliphatic heterocycles. The molecule has 1 fully saturated rings. The van der Waals surface area contributed by atoms with Gasteiger partial charge >= 0.3 is 0 Å². The Labute approximate surface area is 187 Å². The van der Waals surface area contributed by atoms with Crippen molar-refractivity contribution in [2.75, 3.05) is 33.2 Å². The van der Waals surface area contributed by atoms with E-state index in [0.717, 1.165) is 29.2 Å². The molecule has 0 radical (unpaired) electrons. The molecule has 0 aliphatic carbocycles. The molecule has 3 rings (SSSR count). The Bertz CT molecular complexity index is 834. The summed E-state index contributed by atoms with van der Waals surface area (Å²) in [5, 5.41) is 12.0. The van der Waals surface area contributed by atoms with E-state index in [1.165, 1.54) is 24.2 Å². The van der Waals surface area contributed by atoms with Crippen molar-refractivity contribution < 1.29 is 14.9 Å². The van der Waals surface area contributed by atoms with Crippen molar-refractivity contribution in [3.05, 3.63) is 63.7 Å². The van der Waals surface area contributed by atoms with Gasteiger partial charge in [-0.2, -0.15) is 0 Å². The van der Waals surface area contributed by atoms with Crippen molar-refractivity contribution in [2.24, 2.45) is 0 Å². The van der Waals surface area contributed by atoms with E-state index < -0.39 is 0 Å². The number of piperazine rings is 1. The minimum Gasteiger partial charge on any atom is -0.507 e. The molecule has 1 saturated heterocycles. The lowest BCUT2D eigenvalue weighted by Gasteiger charge is -2.35. The molecule has 1 heterocycles. The summed E-state index contributed by atoms with van der Waals surface area (Å²) in [5.41, 5.74) is 4.38. The summed E-state index contributed by atoms with van der Waals surface area (Å²) in [6.07, 6.45) is 0. The summed E-state index contributed by atoms with van der Waals surface area (Å²) in [6.45, 7) is 17.7. The van der Waals surface area contributed by atoms with E-state index in [4.69, 9.17) is 11.6 Å². The third-order valence-corrected chi connectivity index (χ3v) is 6.69. The minimum atomic E-state index is -0.133. The highest BCUT2D eigenvalue weighted by atomic mass is 35.5. The van der Waals surface area contributed by atoms with Gasteiger partial charge in [-0.3, -0.25) is 0 Å². The first kappa shape index (κ1) is 23.1. The second-order valence-electron chi connectivity index (χ2n) is 11.1. The molecule has 1 aliphatic rings. The third-order valence-electron chi connectivity index (χ3n) is 6.44. The maximum Gasteiger partial charge on any atom is 0.139 e. The number of benzene rings is 2. The predicted octanol–water partition coefficient (Wildman–Crippen LogP) is 3.14. The molecule has 0 aromatic heterocycles. The van der Waals surface area contributed by atoms with Crippen LogP contribution in [0.3, 0.4) is 0 Å². The largest absolute Gasteiger partial charge is 0.507 e. The van der Waals surface area contributed by atoms with E-state index in [9.17, 15) is 5.11 Å². The van der Waals surface area contributed by atoms with Crippen LogP contribution in [-0.4, -0.2) is 38.3 Å². The van der Waals surface area contributed by atoms with Crippen LogP contribution in [0, 0.1) is 0 Å². The Morgan fingerprint density at radius 2 is 1.27 bits per heavy atom. The highest BCUT2D eigenvalue weighted by Gasteiger charge is 2.34. The fraction of sp³-hybridized carbons (Fsp3) is 0.538. The number of likely N-dealkylation sites (N-methyl/N-ethyl adjacent to an activating group) is 1. The molecule has 0 bridgehead atoms. The number of hydrogen-bond acceptors (Lipinski definition) is 1. The Kier molecular flexibility index (Phi) is 6.57. The van der Waals surface area contributed by atoms with Gasteiger partial charge in [0.2, 0.25) is 0 Å². The highest BCUT2D eigenvalue weighted by molar-refractivity contribution is 6.30. The molecule has 0 amide bonds. The maximum atomic E-state index is 11.2. The standard InChI is InChI=1S/C26H37ClN2O/c1-25(2,3)21-16-19(17-22(24(21)30)26(4,5)6)23(18-8-10-20(27)11-9-18)29-14-12-28(7)13-15-29/h8-11,16-17,23,30H,12-15H2,1-7H3/p+2/t23-/m1/s1. The van der Waals surface area contributed by atoms with E-state index in [2.05, 4.69) is 72.9 Å². The lowest BCUT2D eigenvalue weighted by atomic mass is 9.77. The summed E-state index contributed by atoms with van der Waals surface area (Å²) < 4.78 is 0. The highest BCUT2D eigenvalue weighted by Crippen LogP contribution is 2.41. The first-order chi connectivity index (χ1) is 13.9. The van der Waals surface area contributed by atoms with Gasteiger partial charge in [0.15, 0.2) is 0 Å². The monoisotopic (exact) mass is 430 g/mol. The van der Waals surface area contributed by atoms with Crippen LogP contribution >= 0.6 is 11.6 Å². The summed E-state index contributed by atoms with van der Waals surface area (Å²) in [7, 11) is 2.28. The molecule has 2 aromatic rings. The SMILES string of the molecule is C[NH+]1CC[NH+]([C@H](c2ccc(Cl)cc2)c2cc(C(C)(C)C)c(O)c(C(C)(C)C)c2)CC1. The van der Waals surface area contributed by atoms with Gasteiger partial charge in [-0.1, -0.05) is 65.3 Å². The number of quaternary nitrogens is 2. The molecule has 0 spiro atoms. The zero-order valence-corrected chi connectivity index (χ0v) is 20.5. The number of nitrogens with one attached hydrogen (secondary N) is 2. The Morgan fingerprint density at radius 1 is 0.800 bits per heavy atom. The van der Waals surface area contributed by atoms with Gasteiger partial charge in [0.25, 0.3) is 0 Å². The average Bonchev–Trinajstić information content (AvgIpc) is 2.64. The van der Waals surface area contributed by atoms with Crippen LogP contribution in [0.1, 0.15) is 69.8 Å². The van der Waals surface area contributed by atoms with E-state index in [-0.39, 0.29) is 16.9 Å². The van der Waals surface area contributed by atoms with Crippen molar-refractivity contribution in [1.29, 1.82) is 0 Å². The van der Waals surface area contributed by atoms with E-state index >= 15 is 0 Å².